The molecule has 0 aromatic heterocycles. The van der Waals surface area contributed by atoms with Crippen LogP contribution in [0.4, 0.5) is 0 Å². The second-order valence-electron chi connectivity index (χ2n) is 2.28. The number of rotatable bonds is 2. The molecule has 0 amide bonds. The fraction of sp³-hybridized carbons (Fsp3) is 0.143. The van der Waals surface area contributed by atoms with E-state index in [0.29, 0.717) is 5.25 Å². The standard InChI is InChI=1S/C7H7Cl3Ge/c8-11(9,10)6-7-4-2-1-3-5-7/h1-5H,6H2. The molecule has 0 unspecified atom stereocenters. The van der Waals surface area contributed by atoms with E-state index in [1.54, 1.807) is 0 Å². The molecular formula is C7H7Cl3Ge. The van der Waals surface area contributed by atoms with Crippen LogP contribution >= 0.6 is 30.0 Å². The number of halogens is 3. The Morgan fingerprint density at radius 1 is 1.00 bits per heavy atom. The molecule has 0 aliphatic carbocycles. The predicted molar refractivity (Wildman–Crippen MR) is 53.5 cm³/mol. The summed E-state index contributed by atoms with van der Waals surface area (Å²) in [5.41, 5.74) is 1.12. The van der Waals surface area contributed by atoms with Crippen molar-refractivity contribution in [2.24, 2.45) is 0 Å². The number of benzene rings is 1. The zero-order valence-electron chi connectivity index (χ0n) is 5.73. The summed E-state index contributed by atoms with van der Waals surface area (Å²) in [4.78, 5) is 0. The molecule has 0 aliphatic rings. The molecule has 1 aromatic carbocycles. The van der Waals surface area contributed by atoms with Crippen molar-refractivity contribution in [3.8, 4) is 0 Å². The first kappa shape index (κ1) is 9.72. The van der Waals surface area contributed by atoms with Gasteiger partial charge in [-0.3, -0.25) is 0 Å². The van der Waals surface area contributed by atoms with Crippen LogP contribution in [0.3, 0.4) is 0 Å². The van der Waals surface area contributed by atoms with Crippen LogP contribution in [0.2, 0.25) is 0 Å². The van der Waals surface area contributed by atoms with Gasteiger partial charge in [-0.05, 0) is 0 Å². The maximum absolute atomic E-state index is 5.79. The second-order valence-corrected chi connectivity index (χ2v) is 18.7. The normalized spacial score (nSPS) is 11.5. The van der Waals surface area contributed by atoms with Crippen LogP contribution in [0.5, 0.6) is 0 Å². The Kier molecular flexibility index (Phi) is 3.57. The molecule has 0 atom stereocenters. The van der Waals surface area contributed by atoms with Crippen LogP contribution in [0, 0.1) is 0 Å². The fourth-order valence-corrected chi connectivity index (χ4v) is 4.70. The first-order chi connectivity index (χ1) is 5.08. The van der Waals surface area contributed by atoms with Crippen molar-refractivity contribution in [2.45, 2.75) is 5.25 Å². The molecule has 0 heterocycles. The molecule has 0 aliphatic heterocycles. The van der Waals surface area contributed by atoms with E-state index in [2.05, 4.69) is 0 Å². The predicted octanol–water partition coefficient (Wildman–Crippen LogP) is 3.42. The first-order valence-electron chi connectivity index (χ1n) is 3.18. The summed E-state index contributed by atoms with van der Waals surface area (Å²) >= 11 is 0. The summed E-state index contributed by atoms with van der Waals surface area (Å²) in [6, 6.07) is 9.82. The summed E-state index contributed by atoms with van der Waals surface area (Å²) < 4.78 is 0. The summed E-state index contributed by atoms with van der Waals surface area (Å²) in [5, 5.41) is 0.644. The fourth-order valence-electron chi connectivity index (χ4n) is 0.827. The van der Waals surface area contributed by atoms with Crippen molar-refractivity contribution in [1.29, 1.82) is 0 Å². The van der Waals surface area contributed by atoms with Gasteiger partial charge in [-0.1, -0.05) is 0 Å². The average molecular weight is 270 g/mol. The Bertz CT molecular complexity index is 217. The molecule has 0 radical (unpaired) electrons. The van der Waals surface area contributed by atoms with Gasteiger partial charge in [0.25, 0.3) is 0 Å². The molecule has 4 heteroatoms. The van der Waals surface area contributed by atoms with Gasteiger partial charge in [0, 0.05) is 0 Å². The van der Waals surface area contributed by atoms with E-state index in [9.17, 15) is 0 Å². The molecule has 11 heavy (non-hydrogen) atoms. The van der Waals surface area contributed by atoms with E-state index < -0.39 is 10.5 Å². The van der Waals surface area contributed by atoms with Crippen molar-refractivity contribution in [3.63, 3.8) is 0 Å². The Morgan fingerprint density at radius 2 is 1.55 bits per heavy atom. The van der Waals surface area contributed by atoms with Crippen molar-refractivity contribution in [2.75, 3.05) is 0 Å². The third kappa shape index (κ3) is 4.26. The first-order valence-corrected chi connectivity index (χ1v) is 12.9. The van der Waals surface area contributed by atoms with Gasteiger partial charge in [-0.2, -0.15) is 0 Å². The van der Waals surface area contributed by atoms with Crippen LogP contribution in [-0.4, -0.2) is 10.5 Å². The zero-order valence-corrected chi connectivity index (χ0v) is 10.1. The average Bonchev–Trinajstić information content (AvgIpc) is 1.85. The van der Waals surface area contributed by atoms with E-state index >= 15 is 0 Å². The monoisotopic (exact) mass is 270 g/mol. The Hall–Kier alpha value is 0.633. The van der Waals surface area contributed by atoms with Gasteiger partial charge in [-0.25, -0.2) is 0 Å². The van der Waals surface area contributed by atoms with Crippen molar-refractivity contribution in [1.82, 2.24) is 0 Å². The molecule has 0 nitrogen and oxygen atoms in total. The molecule has 0 saturated carbocycles. The van der Waals surface area contributed by atoms with Crippen molar-refractivity contribution >= 4 is 40.5 Å². The Balaban J connectivity index is 2.66. The number of hydrogen-bond acceptors (Lipinski definition) is 0. The Labute approximate surface area is 81.4 Å². The minimum atomic E-state index is -2.94. The number of hydrogen-bond donors (Lipinski definition) is 0. The maximum atomic E-state index is 5.79. The third-order valence-electron chi connectivity index (χ3n) is 1.25. The zero-order chi connectivity index (χ0) is 8.32. The van der Waals surface area contributed by atoms with E-state index in [0.717, 1.165) is 5.56 Å². The molecule has 0 fully saturated rings. The molecule has 0 spiro atoms. The van der Waals surface area contributed by atoms with Gasteiger partial charge >= 0.3 is 81.7 Å². The van der Waals surface area contributed by atoms with Crippen LogP contribution in [0.25, 0.3) is 0 Å². The van der Waals surface area contributed by atoms with Crippen LogP contribution < -0.4 is 0 Å². The quantitative estimate of drug-likeness (QED) is 0.722. The van der Waals surface area contributed by atoms with Gasteiger partial charge in [0.05, 0.1) is 0 Å². The minimum absolute atomic E-state index is 0.644. The molecule has 1 rings (SSSR count). The molecule has 0 bridgehead atoms. The summed E-state index contributed by atoms with van der Waals surface area (Å²) in [7, 11) is 14.4. The van der Waals surface area contributed by atoms with Gasteiger partial charge in [-0.15, -0.1) is 0 Å². The van der Waals surface area contributed by atoms with Crippen LogP contribution in [-0.2, 0) is 5.25 Å². The summed E-state index contributed by atoms with van der Waals surface area (Å²) in [5.74, 6) is 0. The third-order valence-corrected chi connectivity index (χ3v) is 5.03. The SMILES string of the molecule is [Cl][Ge]([Cl])([Cl])[CH2]c1ccccc1. The van der Waals surface area contributed by atoms with Crippen molar-refractivity contribution < 1.29 is 0 Å². The van der Waals surface area contributed by atoms with E-state index in [1.165, 1.54) is 0 Å². The molecular weight excluding hydrogens is 263 g/mol. The topological polar surface area (TPSA) is 0 Å². The summed E-state index contributed by atoms with van der Waals surface area (Å²) in [6.45, 7) is 0. The van der Waals surface area contributed by atoms with E-state index in [-0.39, 0.29) is 0 Å². The molecule has 0 saturated heterocycles. The molecule has 60 valence electrons. The summed E-state index contributed by atoms with van der Waals surface area (Å²) in [6.07, 6.45) is 0. The van der Waals surface area contributed by atoms with E-state index in [1.807, 2.05) is 30.3 Å². The van der Waals surface area contributed by atoms with Crippen molar-refractivity contribution in [3.05, 3.63) is 35.9 Å². The Morgan fingerprint density at radius 3 is 2.00 bits per heavy atom. The second kappa shape index (κ2) is 4.04. The van der Waals surface area contributed by atoms with Gasteiger partial charge in [0.2, 0.25) is 0 Å². The van der Waals surface area contributed by atoms with Gasteiger partial charge in [0.15, 0.2) is 0 Å². The molecule has 0 N–H and O–H groups in total. The molecule has 1 aromatic rings. The van der Waals surface area contributed by atoms with E-state index in [4.69, 9.17) is 30.0 Å². The van der Waals surface area contributed by atoms with Gasteiger partial charge in [0.1, 0.15) is 0 Å². The van der Waals surface area contributed by atoms with Gasteiger partial charge < -0.3 is 0 Å². The van der Waals surface area contributed by atoms with Crippen LogP contribution in [0.15, 0.2) is 30.3 Å². The van der Waals surface area contributed by atoms with Crippen LogP contribution in [0.1, 0.15) is 5.56 Å².